The van der Waals surface area contributed by atoms with E-state index in [0.29, 0.717) is 17.9 Å². The number of fused-ring (bicyclic) bond motifs is 1. The van der Waals surface area contributed by atoms with Gasteiger partial charge in [-0.25, -0.2) is 0 Å². The third-order valence-electron chi connectivity index (χ3n) is 3.47. The fourth-order valence-electron chi connectivity index (χ4n) is 2.45. The lowest BCUT2D eigenvalue weighted by Crippen LogP contribution is -2.38. The van der Waals surface area contributed by atoms with Crippen molar-refractivity contribution >= 4 is 5.91 Å². The van der Waals surface area contributed by atoms with Crippen LogP contribution in [0.2, 0.25) is 0 Å². The zero-order valence-corrected chi connectivity index (χ0v) is 7.33. The van der Waals surface area contributed by atoms with Crippen molar-refractivity contribution < 1.29 is 4.79 Å². The van der Waals surface area contributed by atoms with Gasteiger partial charge in [0.1, 0.15) is 0 Å². The van der Waals surface area contributed by atoms with Gasteiger partial charge >= 0.3 is 0 Å². The molecule has 0 aromatic heterocycles. The number of rotatable bonds is 1. The predicted molar refractivity (Wildman–Crippen MR) is 45.6 cm³/mol. The first-order valence-electron chi connectivity index (χ1n) is 5.17. The normalized spacial score (nSPS) is 39.2. The monoisotopic (exact) mass is 165 g/mol. The molecule has 0 radical (unpaired) electrons. The van der Waals surface area contributed by atoms with Crippen LogP contribution < -0.4 is 0 Å². The molecule has 3 aliphatic rings. The van der Waals surface area contributed by atoms with Gasteiger partial charge in [0.15, 0.2) is 0 Å². The number of nitrogens with zero attached hydrogens (tertiary/aromatic N) is 1. The average Bonchev–Trinajstić information content (AvgIpc) is 2.94. The molecule has 2 nitrogen and oxygen atoms in total. The van der Waals surface area contributed by atoms with Crippen molar-refractivity contribution in [1.82, 2.24) is 4.90 Å². The molecule has 1 aliphatic heterocycles. The van der Waals surface area contributed by atoms with Crippen LogP contribution in [0.5, 0.6) is 0 Å². The molecular formula is C10H15NO. The third-order valence-corrected chi connectivity index (χ3v) is 3.47. The predicted octanol–water partition coefficient (Wildman–Crippen LogP) is 1.41. The highest BCUT2D eigenvalue weighted by atomic mass is 16.2. The van der Waals surface area contributed by atoms with E-state index in [4.69, 9.17) is 0 Å². The van der Waals surface area contributed by atoms with Gasteiger partial charge in [-0.05, 0) is 38.0 Å². The Balaban J connectivity index is 1.70. The Morgan fingerprint density at radius 1 is 1.25 bits per heavy atom. The molecule has 0 bridgehead atoms. The van der Waals surface area contributed by atoms with Crippen molar-refractivity contribution in [3.63, 3.8) is 0 Å². The van der Waals surface area contributed by atoms with Gasteiger partial charge in [-0.1, -0.05) is 0 Å². The summed E-state index contributed by atoms with van der Waals surface area (Å²) in [5.41, 5.74) is 0. The number of piperidine rings is 1. The molecule has 1 saturated heterocycles. The van der Waals surface area contributed by atoms with Crippen LogP contribution in [0.15, 0.2) is 0 Å². The molecule has 1 amide bonds. The molecule has 12 heavy (non-hydrogen) atoms. The van der Waals surface area contributed by atoms with Crippen molar-refractivity contribution in [3.8, 4) is 0 Å². The van der Waals surface area contributed by atoms with E-state index in [-0.39, 0.29) is 0 Å². The van der Waals surface area contributed by atoms with Crippen LogP contribution in [0.25, 0.3) is 0 Å². The lowest BCUT2D eigenvalue weighted by Gasteiger charge is -2.26. The fraction of sp³-hybridized carbons (Fsp3) is 0.900. The summed E-state index contributed by atoms with van der Waals surface area (Å²) in [5, 5.41) is 0. The largest absolute Gasteiger partial charge is 0.339 e. The number of likely N-dealkylation sites (tertiary alicyclic amines) is 1. The first-order valence-corrected chi connectivity index (χ1v) is 5.17. The van der Waals surface area contributed by atoms with Crippen LogP contribution in [0.1, 0.15) is 32.1 Å². The molecule has 0 aromatic rings. The van der Waals surface area contributed by atoms with Crippen LogP contribution >= 0.6 is 0 Å². The summed E-state index contributed by atoms with van der Waals surface area (Å²) in [5.74, 6) is 1.80. The molecule has 0 aromatic carbocycles. The molecule has 0 spiro atoms. The van der Waals surface area contributed by atoms with Gasteiger partial charge in [0, 0.05) is 18.5 Å². The maximum absolute atomic E-state index is 11.7. The number of carbonyl (C=O) groups excluding carboxylic acids is 1. The fourth-order valence-corrected chi connectivity index (χ4v) is 2.45. The minimum absolute atomic E-state index is 0.435. The Hall–Kier alpha value is -0.530. The third kappa shape index (κ3) is 0.970. The van der Waals surface area contributed by atoms with Gasteiger partial charge in [0.25, 0.3) is 0 Å². The van der Waals surface area contributed by atoms with E-state index in [2.05, 4.69) is 4.90 Å². The smallest absolute Gasteiger partial charge is 0.225 e. The Morgan fingerprint density at radius 3 is 2.83 bits per heavy atom. The van der Waals surface area contributed by atoms with Crippen LogP contribution in [0.4, 0.5) is 0 Å². The van der Waals surface area contributed by atoms with Crippen LogP contribution in [0, 0.1) is 11.8 Å². The van der Waals surface area contributed by atoms with E-state index in [0.717, 1.165) is 25.3 Å². The molecule has 66 valence electrons. The van der Waals surface area contributed by atoms with Crippen molar-refractivity contribution in [2.45, 2.75) is 38.1 Å². The molecule has 2 saturated carbocycles. The van der Waals surface area contributed by atoms with E-state index >= 15 is 0 Å². The summed E-state index contributed by atoms with van der Waals surface area (Å²) in [6.45, 7) is 1.05. The SMILES string of the molecule is O=C(C1CC1)N1CCC[C@@H]2C[C@@H]21. The highest BCUT2D eigenvalue weighted by Crippen LogP contribution is 2.45. The molecule has 3 fully saturated rings. The lowest BCUT2D eigenvalue weighted by atomic mass is 10.1. The minimum Gasteiger partial charge on any atom is -0.339 e. The molecule has 2 atom stereocenters. The maximum atomic E-state index is 11.7. The minimum atomic E-state index is 0.435. The van der Waals surface area contributed by atoms with Gasteiger partial charge in [-0.2, -0.15) is 0 Å². The molecule has 2 aliphatic carbocycles. The van der Waals surface area contributed by atoms with Crippen LogP contribution in [-0.2, 0) is 4.79 Å². The Bertz CT molecular complexity index is 222. The molecule has 0 N–H and O–H groups in total. The van der Waals surface area contributed by atoms with Gasteiger partial charge in [0.05, 0.1) is 0 Å². The lowest BCUT2D eigenvalue weighted by molar-refractivity contribution is -0.134. The second kappa shape index (κ2) is 2.24. The number of hydrogen-bond donors (Lipinski definition) is 0. The number of carbonyl (C=O) groups is 1. The molecule has 2 heteroatoms. The summed E-state index contributed by atoms with van der Waals surface area (Å²) in [6.07, 6.45) is 6.25. The summed E-state index contributed by atoms with van der Waals surface area (Å²) < 4.78 is 0. The van der Waals surface area contributed by atoms with E-state index in [1.165, 1.54) is 19.3 Å². The topological polar surface area (TPSA) is 20.3 Å². The summed E-state index contributed by atoms with van der Waals surface area (Å²) in [7, 11) is 0. The van der Waals surface area contributed by atoms with E-state index < -0.39 is 0 Å². The molecule has 3 rings (SSSR count). The van der Waals surface area contributed by atoms with Crippen LogP contribution in [0.3, 0.4) is 0 Å². The zero-order valence-electron chi connectivity index (χ0n) is 7.33. The highest BCUT2D eigenvalue weighted by molar-refractivity contribution is 5.81. The molecule has 1 heterocycles. The summed E-state index contributed by atoms with van der Waals surface area (Å²) in [6, 6.07) is 0.673. The van der Waals surface area contributed by atoms with Crippen LogP contribution in [-0.4, -0.2) is 23.4 Å². The second-order valence-electron chi connectivity index (χ2n) is 4.51. The van der Waals surface area contributed by atoms with E-state index in [9.17, 15) is 4.79 Å². The summed E-state index contributed by atoms with van der Waals surface area (Å²) >= 11 is 0. The Morgan fingerprint density at radius 2 is 2.08 bits per heavy atom. The van der Waals surface area contributed by atoms with Crippen molar-refractivity contribution in [3.05, 3.63) is 0 Å². The number of amides is 1. The molecular weight excluding hydrogens is 150 g/mol. The van der Waals surface area contributed by atoms with Crippen molar-refractivity contribution in [2.24, 2.45) is 11.8 Å². The second-order valence-corrected chi connectivity index (χ2v) is 4.51. The molecule has 0 unspecified atom stereocenters. The Labute approximate surface area is 72.9 Å². The first kappa shape index (κ1) is 6.93. The number of hydrogen-bond acceptors (Lipinski definition) is 1. The maximum Gasteiger partial charge on any atom is 0.225 e. The van der Waals surface area contributed by atoms with E-state index in [1.807, 2.05) is 0 Å². The average molecular weight is 165 g/mol. The van der Waals surface area contributed by atoms with Gasteiger partial charge in [-0.15, -0.1) is 0 Å². The van der Waals surface area contributed by atoms with E-state index in [1.54, 1.807) is 0 Å². The standard InChI is InChI=1S/C10H15NO/c12-10(7-3-4-7)11-5-1-2-8-6-9(8)11/h7-9H,1-6H2/t8-,9+/m1/s1. The van der Waals surface area contributed by atoms with Gasteiger partial charge in [0.2, 0.25) is 5.91 Å². The zero-order chi connectivity index (χ0) is 8.13. The first-order chi connectivity index (χ1) is 5.86. The van der Waals surface area contributed by atoms with Gasteiger partial charge in [-0.3, -0.25) is 4.79 Å². The van der Waals surface area contributed by atoms with Crippen molar-refractivity contribution in [1.29, 1.82) is 0 Å². The summed E-state index contributed by atoms with van der Waals surface area (Å²) in [4.78, 5) is 13.9. The Kier molecular flexibility index (Phi) is 1.29. The van der Waals surface area contributed by atoms with Gasteiger partial charge < -0.3 is 4.90 Å². The highest BCUT2D eigenvalue weighted by Gasteiger charge is 2.48. The quantitative estimate of drug-likeness (QED) is 0.575. The van der Waals surface area contributed by atoms with Crippen molar-refractivity contribution in [2.75, 3.05) is 6.54 Å².